The number of carbonyl (C=O) groups excluding carboxylic acids is 1. The zero-order valence-electron chi connectivity index (χ0n) is 14.6. The van der Waals surface area contributed by atoms with E-state index in [4.69, 9.17) is 0 Å². The average Bonchev–Trinajstić information content (AvgIpc) is 2.58. The van der Waals surface area contributed by atoms with E-state index in [0.717, 1.165) is 38.6 Å². The van der Waals surface area contributed by atoms with Crippen LogP contribution >= 0.6 is 0 Å². The smallest absolute Gasteiger partial charge is 0.223 e. The highest BCUT2D eigenvalue weighted by atomic mass is 32.2. The van der Waals surface area contributed by atoms with Gasteiger partial charge in [0.2, 0.25) is 15.9 Å². The van der Waals surface area contributed by atoms with Gasteiger partial charge in [0.15, 0.2) is 0 Å². The second-order valence-corrected chi connectivity index (χ2v) is 8.77. The minimum Gasteiger partial charge on any atom is -0.343 e. The largest absolute Gasteiger partial charge is 0.343 e. The second kappa shape index (κ2) is 8.62. The molecule has 0 aromatic heterocycles. The Bertz CT molecular complexity index is 623. The molecule has 5 nitrogen and oxygen atoms in total. The van der Waals surface area contributed by atoms with E-state index in [1.807, 2.05) is 11.0 Å². The standard InChI is InChI=1S/C18H28N2O3S/c1-19(24(2,22)23)13-12-18(21)20-14-10-17(11-15-20)9-8-16-6-4-3-5-7-16/h3-7,17H,8-15H2,1-2H3. The van der Waals surface area contributed by atoms with Gasteiger partial charge in [-0.3, -0.25) is 4.79 Å². The van der Waals surface area contributed by atoms with Crippen molar-refractivity contribution in [3.8, 4) is 0 Å². The maximum atomic E-state index is 12.2. The lowest BCUT2D eigenvalue weighted by Crippen LogP contribution is -2.40. The average molecular weight is 353 g/mol. The number of amides is 1. The molecule has 1 aromatic rings. The molecule has 1 saturated heterocycles. The molecule has 24 heavy (non-hydrogen) atoms. The first-order valence-electron chi connectivity index (χ1n) is 8.59. The van der Waals surface area contributed by atoms with Crippen molar-refractivity contribution in [3.05, 3.63) is 35.9 Å². The molecule has 1 heterocycles. The summed E-state index contributed by atoms with van der Waals surface area (Å²) >= 11 is 0. The molecular formula is C18H28N2O3S. The van der Waals surface area contributed by atoms with Crippen molar-refractivity contribution < 1.29 is 13.2 Å². The Balaban J connectivity index is 1.69. The van der Waals surface area contributed by atoms with Crippen LogP contribution in [0.4, 0.5) is 0 Å². The van der Waals surface area contributed by atoms with Crippen molar-refractivity contribution >= 4 is 15.9 Å². The summed E-state index contributed by atoms with van der Waals surface area (Å²) in [7, 11) is -1.70. The number of sulfonamides is 1. The Morgan fingerprint density at radius 2 is 1.83 bits per heavy atom. The minimum atomic E-state index is -3.21. The second-order valence-electron chi connectivity index (χ2n) is 6.68. The molecule has 0 radical (unpaired) electrons. The van der Waals surface area contributed by atoms with Gasteiger partial charge in [0.25, 0.3) is 0 Å². The highest BCUT2D eigenvalue weighted by molar-refractivity contribution is 7.88. The number of aryl methyl sites for hydroxylation is 1. The summed E-state index contributed by atoms with van der Waals surface area (Å²) in [6.45, 7) is 1.84. The Morgan fingerprint density at radius 3 is 2.42 bits per heavy atom. The van der Waals surface area contributed by atoms with E-state index in [-0.39, 0.29) is 18.9 Å². The van der Waals surface area contributed by atoms with Crippen LogP contribution in [0.1, 0.15) is 31.2 Å². The van der Waals surface area contributed by atoms with Crippen LogP contribution in [0, 0.1) is 5.92 Å². The summed E-state index contributed by atoms with van der Waals surface area (Å²) in [6, 6.07) is 10.5. The fraction of sp³-hybridized carbons (Fsp3) is 0.611. The van der Waals surface area contributed by atoms with Gasteiger partial charge in [-0.1, -0.05) is 30.3 Å². The topological polar surface area (TPSA) is 57.7 Å². The van der Waals surface area contributed by atoms with Crippen LogP contribution in [0.25, 0.3) is 0 Å². The van der Waals surface area contributed by atoms with Gasteiger partial charge in [0.1, 0.15) is 0 Å². The summed E-state index contributed by atoms with van der Waals surface area (Å²) in [5, 5.41) is 0. The molecule has 6 heteroatoms. The number of rotatable bonds is 7. The van der Waals surface area contributed by atoms with Gasteiger partial charge >= 0.3 is 0 Å². The maximum Gasteiger partial charge on any atom is 0.223 e. The van der Waals surface area contributed by atoms with Crippen molar-refractivity contribution in [3.63, 3.8) is 0 Å². The maximum absolute atomic E-state index is 12.2. The number of hydrogen-bond acceptors (Lipinski definition) is 3. The van der Waals surface area contributed by atoms with E-state index in [2.05, 4.69) is 24.3 Å². The van der Waals surface area contributed by atoms with Crippen LogP contribution in [-0.4, -0.2) is 56.5 Å². The molecule has 1 aliphatic rings. The molecule has 0 aliphatic carbocycles. The third-order valence-electron chi connectivity index (χ3n) is 4.86. The third kappa shape index (κ3) is 5.91. The zero-order valence-corrected chi connectivity index (χ0v) is 15.5. The van der Waals surface area contributed by atoms with Crippen LogP contribution < -0.4 is 0 Å². The summed E-state index contributed by atoms with van der Waals surface area (Å²) in [4.78, 5) is 14.1. The van der Waals surface area contributed by atoms with Gasteiger partial charge in [-0.25, -0.2) is 12.7 Å². The van der Waals surface area contributed by atoms with Crippen LogP contribution in [0.3, 0.4) is 0 Å². The molecule has 134 valence electrons. The van der Waals surface area contributed by atoms with Gasteiger partial charge in [-0.15, -0.1) is 0 Å². The fourth-order valence-electron chi connectivity index (χ4n) is 3.06. The molecule has 0 atom stereocenters. The number of piperidine rings is 1. The van der Waals surface area contributed by atoms with E-state index < -0.39 is 10.0 Å². The van der Waals surface area contributed by atoms with Gasteiger partial charge in [0, 0.05) is 33.1 Å². The minimum absolute atomic E-state index is 0.0620. The van der Waals surface area contributed by atoms with E-state index in [1.165, 1.54) is 23.3 Å². The van der Waals surface area contributed by atoms with Crippen LogP contribution in [-0.2, 0) is 21.2 Å². The fourth-order valence-corrected chi connectivity index (χ4v) is 3.49. The van der Waals surface area contributed by atoms with Crippen molar-refractivity contribution in [2.75, 3.05) is 32.9 Å². The van der Waals surface area contributed by atoms with E-state index in [9.17, 15) is 13.2 Å². The molecule has 1 aromatic carbocycles. The first kappa shape index (κ1) is 18.9. The van der Waals surface area contributed by atoms with Crippen LogP contribution in [0.2, 0.25) is 0 Å². The highest BCUT2D eigenvalue weighted by Crippen LogP contribution is 2.22. The number of benzene rings is 1. The Labute approximate surface area is 145 Å². The molecular weight excluding hydrogens is 324 g/mol. The lowest BCUT2D eigenvalue weighted by molar-refractivity contribution is -0.132. The molecule has 0 unspecified atom stereocenters. The number of carbonyl (C=O) groups is 1. The summed E-state index contributed by atoms with van der Waals surface area (Å²) < 4.78 is 23.9. The molecule has 1 aliphatic heterocycles. The van der Waals surface area contributed by atoms with E-state index >= 15 is 0 Å². The lowest BCUT2D eigenvalue weighted by Gasteiger charge is -2.32. The van der Waals surface area contributed by atoms with E-state index in [0.29, 0.717) is 5.92 Å². The highest BCUT2D eigenvalue weighted by Gasteiger charge is 2.23. The molecule has 2 rings (SSSR count). The predicted octanol–water partition coefficient (Wildman–Crippen LogP) is 2.14. The van der Waals surface area contributed by atoms with Gasteiger partial charge < -0.3 is 4.90 Å². The first-order valence-corrected chi connectivity index (χ1v) is 10.4. The normalized spacial score (nSPS) is 16.5. The molecule has 0 spiro atoms. The van der Waals surface area contributed by atoms with Gasteiger partial charge in [0.05, 0.1) is 6.26 Å². The van der Waals surface area contributed by atoms with Crippen LogP contribution in [0.5, 0.6) is 0 Å². The SMILES string of the molecule is CN(CCC(=O)N1CCC(CCc2ccccc2)CC1)S(C)(=O)=O. The Kier molecular flexibility index (Phi) is 6.80. The predicted molar refractivity (Wildman–Crippen MR) is 96.2 cm³/mol. The number of nitrogens with zero attached hydrogens (tertiary/aromatic N) is 2. The summed E-state index contributed by atoms with van der Waals surface area (Å²) in [5.74, 6) is 0.736. The number of hydrogen-bond donors (Lipinski definition) is 0. The molecule has 1 fully saturated rings. The quantitative estimate of drug-likeness (QED) is 0.755. The van der Waals surface area contributed by atoms with Crippen molar-refractivity contribution in [2.45, 2.75) is 32.1 Å². The van der Waals surface area contributed by atoms with Gasteiger partial charge in [-0.05, 0) is 37.2 Å². The summed E-state index contributed by atoms with van der Waals surface area (Å²) in [5.41, 5.74) is 1.37. The number of likely N-dealkylation sites (tertiary alicyclic amines) is 1. The van der Waals surface area contributed by atoms with Crippen molar-refractivity contribution in [1.82, 2.24) is 9.21 Å². The molecule has 0 bridgehead atoms. The first-order chi connectivity index (χ1) is 11.4. The zero-order chi connectivity index (χ0) is 17.6. The third-order valence-corrected chi connectivity index (χ3v) is 6.17. The Morgan fingerprint density at radius 1 is 1.21 bits per heavy atom. The van der Waals surface area contributed by atoms with Crippen LogP contribution in [0.15, 0.2) is 30.3 Å². The van der Waals surface area contributed by atoms with Crippen molar-refractivity contribution in [2.24, 2.45) is 5.92 Å². The van der Waals surface area contributed by atoms with Gasteiger partial charge in [-0.2, -0.15) is 0 Å². The summed E-state index contributed by atoms with van der Waals surface area (Å²) in [6.07, 6.45) is 5.77. The monoisotopic (exact) mass is 352 g/mol. The molecule has 0 saturated carbocycles. The molecule has 0 N–H and O–H groups in total. The lowest BCUT2D eigenvalue weighted by atomic mass is 9.90. The Hall–Kier alpha value is -1.40. The van der Waals surface area contributed by atoms with Crippen molar-refractivity contribution in [1.29, 1.82) is 0 Å². The van der Waals surface area contributed by atoms with E-state index in [1.54, 1.807) is 0 Å². The molecule has 1 amide bonds.